The number of nitrogens with zero attached hydrogens (tertiary/aromatic N) is 2. The first-order chi connectivity index (χ1) is 9.60. The Morgan fingerprint density at radius 2 is 1.90 bits per heavy atom. The minimum atomic E-state index is -0.716. The van der Waals surface area contributed by atoms with Gasteiger partial charge in [0, 0.05) is 45.9 Å². The zero-order valence-electron chi connectivity index (χ0n) is 12.6. The fourth-order valence-corrected chi connectivity index (χ4v) is 2.71. The summed E-state index contributed by atoms with van der Waals surface area (Å²) in [7, 11) is 2.16. The first kappa shape index (κ1) is 15.7. The minimum Gasteiger partial charge on any atom is -0.381 e. The lowest BCUT2D eigenvalue weighted by molar-refractivity contribution is -0.129. The van der Waals surface area contributed by atoms with Crippen LogP contribution in [-0.4, -0.2) is 80.8 Å². The van der Waals surface area contributed by atoms with E-state index >= 15 is 0 Å². The lowest BCUT2D eigenvalue weighted by atomic mass is 9.90. The van der Waals surface area contributed by atoms with E-state index in [1.165, 1.54) is 0 Å². The molecule has 2 aliphatic heterocycles. The molecule has 3 N–H and O–H groups in total. The predicted octanol–water partition coefficient (Wildman–Crippen LogP) is -0.752. The highest BCUT2D eigenvalue weighted by Crippen LogP contribution is 2.17. The second-order valence-corrected chi connectivity index (χ2v) is 6.02. The molecule has 0 atom stereocenters. The average Bonchev–Trinajstić information content (AvgIpc) is 2.46. The number of rotatable bonds is 5. The number of carbonyl (C=O) groups excluding carboxylic acids is 1. The van der Waals surface area contributed by atoms with Crippen LogP contribution in [0.25, 0.3) is 0 Å². The first-order valence-corrected chi connectivity index (χ1v) is 7.66. The maximum absolute atomic E-state index is 12.1. The first-order valence-electron chi connectivity index (χ1n) is 7.66. The van der Waals surface area contributed by atoms with Crippen LogP contribution < -0.4 is 11.1 Å². The molecule has 2 fully saturated rings. The molecule has 2 rings (SSSR count). The van der Waals surface area contributed by atoms with Crippen molar-refractivity contribution in [1.82, 2.24) is 15.1 Å². The summed E-state index contributed by atoms with van der Waals surface area (Å²) in [6.07, 6.45) is 2.23. The lowest BCUT2D eigenvalue weighted by Crippen LogP contribution is -2.57. The van der Waals surface area contributed by atoms with Crippen molar-refractivity contribution in [3.8, 4) is 0 Å². The fourth-order valence-electron chi connectivity index (χ4n) is 2.71. The van der Waals surface area contributed by atoms with Crippen LogP contribution in [0.15, 0.2) is 0 Å². The number of hydrogen-bond acceptors (Lipinski definition) is 5. The zero-order chi connectivity index (χ0) is 14.4. The van der Waals surface area contributed by atoms with Crippen LogP contribution in [0, 0.1) is 0 Å². The molecule has 0 spiro atoms. The van der Waals surface area contributed by atoms with Crippen molar-refractivity contribution in [3.05, 3.63) is 0 Å². The summed E-state index contributed by atoms with van der Waals surface area (Å²) in [5.41, 5.74) is 5.42. The minimum absolute atomic E-state index is 0.0147. The van der Waals surface area contributed by atoms with Gasteiger partial charge in [-0.1, -0.05) is 0 Å². The highest BCUT2D eigenvalue weighted by molar-refractivity contribution is 5.86. The molecule has 0 aliphatic carbocycles. The summed E-state index contributed by atoms with van der Waals surface area (Å²) in [5, 5.41) is 2.98. The number of hydrogen-bond donors (Lipinski definition) is 2. The number of nitrogens with two attached hydrogens (primary N) is 1. The maximum atomic E-state index is 12.1. The molecule has 0 aromatic carbocycles. The molecule has 0 aromatic rings. The van der Waals surface area contributed by atoms with Gasteiger partial charge in [0.15, 0.2) is 0 Å². The van der Waals surface area contributed by atoms with E-state index in [0.717, 1.165) is 39.1 Å². The second kappa shape index (κ2) is 7.36. The molecule has 0 radical (unpaired) electrons. The topological polar surface area (TPSA) is 70.8 Å². The summed E-state index contributed by atoms with van der Waals surface area (Å²) in [6.45, 7) is 7.47. The number of ether oxygens (including phenoxy) is 1. The van der Waals surface area contributed by atoms with Gasteiger partial charge in [-0.2, -0.15) is 0 Å². The van der Waals surface area contributed by atoms with Crippen molar-refractivity contribution >= 4 is 5.91 Å². The van der Waals surface area contributed by atoms with Crippen LogP contribution in [0.4, 0.5) is 0 Å². The molecule has 0 saturated carbocycles. The van der Waals surface area contributed by atoms with Crippen molar-refractivity contribution in [2.45, 2.75) is 24.8 Å². The Hall–Kier alpha value is -0.690. The Balaban J connectivity index is 1.59. The SMILES string of the molecule is CN1CCN(CCCNC(=O)C2(N)CCOCC2)CC1. The summed E-state index contributed by atoms with van der Waals surface area (Å²) < 4.78 is 5.26. The van der Waals surface area contributed by atoms with Crippen LogP contribution in [0.1, 0.15) is 19.3 Å². The third kappa shape index (κ3) is 4.41. The molecule has 2 aliphatic rings. The molecule has 6 nitrogen and oxygen atoms in total. The summed E-state index contributed by atoms with van der Waals surface area (Å²) in [5.74, 6) is -0.0147. The van der Waals surface area contributed by atoms with Gasteiger partial charge in [-0.25, -0.2) is 0 Å². The van der Waals surface area contributed by atoms with Crippen molar-refractivity contribution < 1.29 is 9.53 Å². The number of nitrogens with one attached hydrogen (secondary N) is 1. The normalized spacial score (nSPS) is 24.5. The van der Waals surface area contributed by atoms with E-state index in [1.54, 1.807) is 0 Å². The number of carbonyl (C=O) groups is 1. The van der Waals surface area contributed by atoms with Gasteiger partial charge < -0.3 is 25.6 Å². The van der Waals surface area contributed by atoms with E-state index < -0.39 is 5.54 Å². The van der Waals surface area contributed by atoms with Gasteiger partial charge in [-0.15, -0.1) is 0 Å². The molecule has 0 aromatic heterocycles. The predicted molar refractivity (Wildman–Crippen MR) is 78.5 cm³/mol. The highest BCUT2D eigenvalue weighted by Gasteiger charge is 2.35. The molecule has 2 heterocycles. The van der Waals surface area contributed by atoms with E-state index in [1.807, 2.05) is 0 Å². The quantitative estimate of drug-likeness (QED) is 0.650. The molecule has 0 bridgehead atoms. The Bertz CT molecular complexity index is 310. The van der Waals surface area contributed by atoms with E-state index in [-0.39, 0.29) is 5.91 Å². The summed E-state index contributed by atoms with van der Waals surface area (Å²) >= 11 is 0. The van der Waals surface area contributed by atoms with Gasteiger partial charge in [-0.05, 0) is 32.9 Å². The molecule has 2 saturated heterocycles. The van der Waals surface area contributed by atoms with Crippen LogP contribution in [0.5, 0.6) is 0 Å². The lowest BCUT2D eigenvalue weighted by Gasteiger charge is -2.33. The van der Waals surface area contributed by atoms with Crippen LogP contribution in [0.2, 0.25) is 0 Å². The number of likely N-dealkylation sites (N-methyl/N-ethyl adjacent to an activating group) is 1. The Kier molecular flexibility index (Phi) is 5.77. The van der Waals surface area contributed by atoms with E-state index in [2.05, 4.69) is 22.2 Å². The van der Waals surface area contributed by atoms with Gasteiger partial charge in [0.2, 0.25) is 5.91 Å². The largest absolute Gasteiger partial charge is 0.381 e. The van der Waals surface area contributed by atoms with Crippen molar-refractivity contribution in [2.75, 3.05) is 59.5 Å². The Labute approximate surface area is 121 Å². The third-order valence-electron chi connectivity index (χ3n) is 4.37. The molecular formula is C14H28N4O2. The second-order valence-electron chi connectivity index (χ2n) is 6.02. The van der Waals surface area contributed by atoms with Gasteiger partial charge in [-0.3, -0.25) is 4.79 Å². The fraction of sp³-hybridized carbons (Fsp3) is 0.929. The third-order valence-corrected chi connectivity index (χ3v) is 4.37. The summed E-state index contributed by atoms with van der Waals surface area (Å²) in [4.78, 5) is 16.9. The molecule has 1 amide bonds. The Morgan fingerprint density at radius 3 is 2.55 bits per heavy atom. The molecule has 0 unspecified atom stereocenters. The smallest absolute Gasteiger partial charge is 0.240 e. The van der Waals surface area contributed by atoms with Crippen LogP contribution in [0.3, 0.4) is 0 Å². The molecule has 20 heavy (non-hydrogen) atoms. The zero-order valence-corrected chi connectivity index (χ0v) is 12.6. The monoisotopic (exact) mass is 284 g/mol. The number of amides is 1. The van der Waals surface area contributed by atoms with Gasteiger partial charge in [0.25, 0.3) is 0 Å². The summed E-state index contributed by atoms with van der Waals surface area (Å²) in [6, 6.07) is 0. The van der Waals surface area contributed by atoms with Gasteiger partial charge in [0.1, 0.15) is 0 Å². The van der Waals surface area contributed by atoms with E-state index in [4.69, 9.17) is 10.5 Å². The van der Waals surface area contributed by atoms with Crippen molar-refractivity contribution in [1.29, 1.82) is 0 Å². The highest BCUT2D eigenvalue weighted by atomic mass is 16.5. The molecular weight excluding hydrogens is 256 g/mol. The van der Waals surface area contributed by atoms with Crippen molar-refractivity contribution in [3.63, 3.8) is 0 Å². The van der Waals surface area contributed by atoms with Crippen LogP contribution >= 0.6 is 0 Å². The van der Waals surface area contributed by atoms with Crippen LogP contribution in [-0.2, 0) is 9.53 Å². The molecule has 6 heteroatoms. The van der Waals surface area contributed by atoms with Gasteiger partial charge >= 0.3 is 0 Å². The standard InChI is InChI=1S/C14H28N4O2/c1-17-7-9-18(10-8-17)6-2-5-16-13(19)14(15)3-11-20-12-4-14/h2-12,15H2,1H3,(H,16,19). The van der Waals surface area contributed by atoms with E-state index in [9.17, 15) is 4.79 Å². The maximum Gasteiger partial charge on any atom is 0.240 e. The molecule has 116 valence electrons. The Morgan fingerprint density at radius 1 is 1.25 bits per heavy atom. The van der Waals surface area contributed by atoms with Crippen molar-refractivity contribution in [2.24, 2.45) is 5.73 Å². The number of piperazine rings is 1. The average molecular weight is 284 g/mol. The van der Waals surface area contributed by atoms with E-state index in [0.29, 0.717) is 32.6 Å². The van der Waals surface area contributed by atoms with Gasteiger partial charge in [0.05, 0.1) is 5.54 Å².